The first kappa shape index (κ1) is 22.5. The molecule has 0 aliphatic heterocycles. The Morgan fingerprint density at radius 1 is 0.586 bits per heavy atom. The maximum absolute atomic E-state index is 10.2. The number of phenols is 2. The second kappa shape index (κ2) is 9.63. The summed E-state index contributed by atoms with van der Waals surface area (Å²) in [5.74, 6) is 2.24. The van der Waals surface area contributed by atoms with E-state index in [0.717, 1.165) is 11.1 Å². The molecule has 0 heterocycles. The van der Waals surface area contributed by atoms with Gasteiger partial charge < -0.3 is 29.2 Å². The molecule has 0 bridgehead atoms. The molecule has 0 saturated heterocycles. The van der Waals surface area contributed by atoms with E-state index in [4.69, 9.17) is 18.9 Å². The lowest BCUT2D eigenvalue weighted by Gasteiger charge is -2.33. The van der Waals surface area contributed by atoms with Crippen molar-refractivity contribution in [2.45, 2.75) is 47.0 Å². The molecular formula is C23H32O6. The molecule has 2 aromatic carbocycles. The Balaban J connectivity index is 2.84. The molecule has 0 amide bonds. The topological polar surface area (TPSA) is 77.4 Å². The van der Waals surface area contributed by atoms with Crippen molar-refractivity contribution in [3.63, 3.8) is 0 Å². The molecule has 2 N–H and O–H groups in total. The highest BCUT2D eigenvalue weighted by atomic mass is 16.5. The van der Waals surface area contributed by atoms with Crippen LogP contribution >= 0.6 is 0 Å². The first-order chi connectivity index (χ1) is 13.8. The molecule has 0 unspecified atom stereocenters. The van der Waals surface area contributed by atoms with Crippen molar-refractivity contribution >= 4 is 0 Å². The SMILES string of the molecule is CCOc1cc(O)cc(OCC)c1C(C)(C)c1c(OCC)cc(O)cc1OCC. The number of hydrogen-bond donors (Lipinski definition) is 2. The summed E-state index contributed by atoms with van der Waals surface area (Å²) < 4.78 is 23.5. The van der Waals surface area contributed by atoms with Crippen LogP contribution in [0, 0.1) is 0 Å². The quantitative estimate of drug-likeness (QED) is 0.579. The number of ether oxygens (including phenoxy) is 4. The fourth-order valence-electron chi connectivity index (χ4n) is 3.59. The van der Waals surface area contributed by atoms with E-state index in [1.54, 1.807) is 24.3 Å². The van der Waals surface area contributed by atoms with Crippen LogP contribution in [0.5, 0.6) is 34.5 Å². The fourth-order valence-corrected chi connectivity index (χ4v) is 3.59. The maximum atomic E-state index is 10.2. The van der Waals surface area contributed by atoms with Crippen molar-refractivity contribution in [3.05, 3.63) is 35.4 Å². The van der Waals surface area contributed by atoms with E-state index < -0.39 is 5.41 Å². The highest BCUT2D eigenvalue weighted by Gasteiger charge is 2.37. The third kappa shape index (κ3) is 4.81. The molecule has 0 aromatic heterocycles. The minimum atomic E-state index is -0.689. The van der Waals surface area contributed by atoms with Gasteiger partial charge in [-0.25, -0.2) is 0 Å². The second-order valence-electron chi connectivity index (χ2n) is 6.99. The predicted octanol–water partition coefficient (Wildman–Crippen LogP) is 5.02. The third-order valence-corrected chi connectivity index (χ3v) is 4.55. The first-order valence-corrected chi connectivity index (χ1v) is 10.1. The Kier molecular flexibility index (Phi) is 7.48. The maximum Gasteiger partial charge on any atom is 0.130 e. The van der Waals surface area contributed by atoms with Gasteiger partial charge in [0.15, 0.2) is 0 Å². The summed E-state index contributed by atoms with van der Waals surface area (Å²) in [5, 5.41) is 20.4. The first-order valence-electron chi connectivity index (χ1n) is 10.1. The van der Waals surface area contributed by atoms with Crippen LogP contribution in [-0.2, 0) is 5.41 Å². The van der Waals surface area contributed by atoms with E-state index in [1.807, 2.05) is 41.5 Å². The molecular weight excluding hydrogens is 372 g/mol. The molecule has 160 valence electrons. The zero-order chi connectivity index (χ0) is 21.6. The zero-order valence-corrected chi connectivity index (χ0v) is 18.2. The summed E-state index contributed by atoms with van der Waals surface area (Å²) in [7, 11) is 0. The van der Waals surface area contributed by atoms with Crippen LogP contribution < -0.4 is 18.9 Å². The summed E-state index contributed by atoms with van der Waals surface area (Å²) in [4.78, 5) is 0. The lowest BCUT2D eigenvalue weighted by molar-refractivity contribution is 0.290. The average Bonchev–Trinajstić information content (AvgIpc) is 2.61. The summed E-state index contributed by atoms with van der Waals surface area (Å²) >= 11 is 0. The van der Waals surface area contributed by atoms with E-state index in [0.29, 0.717) is 49.4 Å². The monoisotopic (exact) mass is 404 g/mol. The smallest absolute Gasteiger partial charge is 0.130 e. The van der Waals surface area contributed by atoms with Crippen molar-refractivity contribution in [2.24, 2.45) is 0 Å². The Bertz CT molecular complexity index is 707. The van der Waals surface area contributed by atoms with Gasteiger partial charge >= 0.3 is 0 Å². The standard InChI is InChI=1S/C23H32O6/c1-7-26-17-11-15(24)12-18(27-8-2)21(17)23(5,6)22-19(28-9-3)13-16(25)14-20(22)29-10-4/h11-14,24-25H,7-10H2,1-6H3. The Hall–Kier alpha value is -2.76. The molecule has 0 saturated carbocycles. The van der Waals surface area contributed by atoms with E-state index in [1.165, 1.54) is 0 Å². The summed E-state index contributed by atoms with van der Waals surface area (Å²) in [6.07, 6.45) is 0. The van der Waals surface area contributed by atoms with Crippen molar-refractivity contribution in [1.82, 2.24) is 0 Å². The molecule has 0 spiro atoms. The molecule has 2 aromatic rings. The Labute approximate surface area is 173 Å². The van der Waals surface area contributed by atoms with E-state index in [2.05, 4.69) is 0 Å². The number of rotatable bonds is 10. The summed E-state index contributed by atoms with van der Waals surface area (Å²) in [6, 6.07) is 6.35. The van der Waals surface area contributed by atoms with Crippen LogP contribution in [0.1, 0.15) is 52.7 Å². The van der Waals surface area contributed by atoms with Gasteiger partial charge in [0.2, 0.25) is 0 Å². The minimum Gasteiger partial charge on any atom is -0.508 e. The molecule has 2 rings (SSSR count). The largest absolute Gasteiger partial charge is 0.508 e. The Morgan fingerprint density at radius 2 is 0.828 bits per heavy atom. The van der Waals surface area contributed by atoms with Gasteiger partial charge in [-0.2, -0.15) is 0 Å². The van der Waals surface area contributed by atoms with Gasteiger partial charge in [-0.05, 0) is 27.7 Å². The molecule has 0 aliphatic carbocycles. The van der Waals surface area contributed by atoms with Crippen LogP contribution in [0.2, 0.25) is 0 Å². The lowest BCUT2D eigenvalue weighted by atomic mass is 9.76. The molecule has 0 aliphatic rings. The highest BCUT2D eigenvalue weighted by Crippen LogP contribution is 2.51. The zero-order valence-electron chi connectivity index (χ0n) is 18.2. The number of hydrogen-bond acceptors (Lipinski definition) is 6. The van der Waals surface area contributed by atoms with E-state index >= 15 is 0 Å². The lowest BCUT2D eigenvalue weighted by Crippen LogP contribution is -2.24. The van der Waals surface area contributed by atoms with Gasteiger partial charge in [0.05, 0.1) is 26.4 Å². The van der Waals surface area contributed by atoms with Crippen molar-refractivity contribution in [2.75, 3.05) is 26.4 Å². The van der Waals surface area contributed by atoms with Crippen molar-refractivity contribution in [1.29, 1.82) is 0 Å². The van der Waals surface area contributed by atoms with Gasteiger partial charge in [0.1, 0.15) is 34.5 Å². The number of benzene rings is 2. The van der Waals surface area contributed by atoms with Crippen molar-refractivity contribution in [3.8, 4) is 34.5 Å². The van der Waals surface area contributed by atoms with Crippen LogP contribution in [0.15, 0.2) is 24.3 Å². The molecule has 6 nitrogen and oxygen atoms in total. The van der Waals surface area contributed by atoms with E-state index in [9.17, 15) is 10.2 Å². The van der Waals surface area contributed by atoms with Crippen LogP contribution in [0.25, 0.3) is 0 Å². The Morgan fingerprint density at radius 3 is 1.03 bits per heavy atom. The van der Waals surface area contributed by atoms with E-state index in [-0.39, 0.29) is 11.5 Å². The van der Waals surface area contributed by atoms with Crippen molar-refractivity contribution < 1.29 is 29.2 Å². The summed E-state index contributed by atoms with van der Waals surface area (Å²) in [6.45, 7) is 13.3. The second-order valence-corrected chi connectivity index (χ2v) is 6.99. The summed E-state index contributed by atoms with van der Waals surface area (Å²) in [5.41, 5.74) is 0.851. The van der Waals surface area contributed by atoms with Crippen LogP contribution in [0.3, 0.4) is 0 Å². The van der Waals surface area contributed by atoms with Crippen LogP contribution in [-0.4, -0.2) is 36.6 Å². The molecule has 6 heteroatoms. The fraction of sp³-hybridized carbons (Fsp3) is 0.478. The number of phenolic OH excluding ortho intramolecular Hbond substituents is 2. The minimum absolute atomic E-state index is 0.0669. The van der Waals surface area contributed by atoms with Gasteiger partial charge in [-0.1, -0.05) is 13.8 Å². The molecule has 0 fully saturated rings. The van der Waals surface area contributed by atoms with Gasteiger partial charge in [-0.3, -0.25) is 0 Å². The molecule has 0 radical (unpaired) electrons. The van der Waals surface area contributed by atoms with Crippen LogP contribution in [0.4, 0.5) is 0 Å². The molecule has 0 atom stereocenters. The normalized spacial score (nSPS) is 11.2. The third-order valence-electron chi connectivity index (χ3n) is 4.55. The highest BCUT2D eigenvalue weighted by molar-refractivity contribution is 5.63. The number of aromatic hydroxyl groups is 2. The predicted molar refractivity (Wildman–Crippen MR) is 113 cm³/mol. The van der Waals surface area contributed by atoms with Gasteiger partial charge in [0.25, 0.3) is 0 Å². The average molecular weight is 405 g/mol. The van der Waals surface area contributed by atoms with Gasteiger partial charge in [0, 0.05) is 40.8 Å². The van der Waals surface area contributed by atoms with Gasteiger partial charge in [-0.15, -0.1) is 0 Å². The molecule has 29 heavy (non-hydrogen) atoms.